The largest absolute Gasteiger partial charge is 0.395 e. The second-order valence-electron chi connectivity index (χ2n) is 5.47. The minimum absolute atomic E-state index is 0.245. The van der Waals surface area contributed by atoms with E-state index in [-0.39, 0.29) is 12.6 Å². The predicted molar refractivity (Wildman–Crippen MR) is 86.3 cm³/mol. The molecule has 0 spiro atoms. The lowest BCUT2D eigenvalue weighted by Crippen LogP contribution is -2.34. The first kappa shape index (κ1) is 13.9. The molecule has 20 heavy (non-hydrogen) atoms. The fraction of sp³-hybridized carbons (Fsp3) is 0.412. The molecule has 0 saturated heterocycles. The van der Waals surface area contributed by atoms with Crippen molar-refractivity contribution >= 4 is 22.5 Å². The lowest BCUT2D eigenvalue weighted by Gasteiger charge is -2.15. The summed E-state index contributed by atoms with van der Waals surface area (Å²) < 4.78 is 0. The van der Waals surface area contributed by atoms with Crippen LogP contribution in [0.2, 0.25) is 0 Å². The van der Waals surface area contributed by atoms with E-state index in [1.165, 1.54) is 28.5 Å². The molecule has 106 valence electrons. The Bertz CT molecular complexity index is 568. The van der Waals surface area contributed by atoms with Gasteiger partial charge in [0.15, 0.2) is 0 Å². The third-order valence-corrected chi connectivity index (χ3v) is 4.75. The lowest BCUT2D eigenvalue weighted by molar-refractivity contribution is 0.239. The fourth-order valence-electron chi connectivity index (χ4n) is 2.39. The number of thioether (sulfide) groups is 1. The first-order valence-electron chi connectivity index (χ1n) is 7.33. The Morgan fingerprint density at radius 1 is 1.15 bits per heavy atom. The number of benzene rings is 2. The quantitative estimate of drug-likeness (QED) is 0.765. The van der Waals surface area contributed by atoms with Gasteiger partial charge in [0.05, 0.1) is 6.61 Å². The highest BCUT2D eigenvalue weighted by molar-refractivity contribution is 7.99. The number of fused-ring (bicyclic) bond motifs is 1. The number of nitrogens with one attached hydrogen (secondary N) is 1. The topological polar surface area (TPSA) is 32.3 Å². The van der Waals surface area contributed by atoms with E-state index in [0.717, 1.165) is 12.2 Å². The van der Waals surface area contributed by atoms with Crippen molar-refractivity contribution in [3.63, 3.8) is 0 Å². The second kappa shape index (κ2) is 6.61. The number of aliphatic hydroxyl groups excluding tert-OH is 1. The molecule has 1 fully saturated rings. The number of hydrogen-bond acceptors (Lipinski definition) is 3. The highest BCUT2D eigenvalue weighted by Crippen LogP contribution is 2.25. The normalized spacial score (nSPS) is 16.4. The van der Waals surface area contributed by atoms with Crippen LogP contribution in [0.3, 0.4) is 0 Å². The highest BCUT2D eigenvalue weighted by Gasteiger charge is 2.23. The van der Waals surface area contributed by atoms with Crippen LogP contribution in [0, 0.1) is 0 Å². The molecule has 1 aliphatic carbocycles. The van der Waals surface area contributed by atoms with E-state index in [4.69, 9.17) is 0 Å². The molecule has 0 aliphatic heterocycles. The van der Waals surface area contributed by atoms with Crippen molar-refractivity contribution in [3.05, 3.63) is 42.5 Å². The van der Waals surface area contributed by atoms with Gasteiger partial charge in [-0.15, -0.1) is 11.8 Å². The summed E-state index contributed by atoms with van der Waals surface area (Å²) in [6.07, 6.45) is 3.56. The summed E-state index contributed by atoms with van der Waals surface area (Å²) in [5.74, 6) is 1.04. The van der Waals surface area contributed by atoms with Gasteiger partial charge in [-0.05, 0) is 47.9 Å². The SMILES string of the molecule is OCC(CCSc1ccc2ccccc2c1)NC1CC1. The third-order valence-electron chi connectivity index (χ3n) is 3.73. The summed E-state index contributed by atoms with van der Waals surface area (Å²) >= 11 is 1.88. The first-order valence-corrected chi connectivity index (χ1v) is 8.32. The van der Waals surface area contributed by atoms with Crippen molar-refractivity contribution < 1.29 is 5.11 Å². The summed E-state index contributed by atoms with van der Waals surface area (Å²) in [5, 5.41) is 15.5. The van der Waals surface area contributed by atoms with Crippen molar-refractivity contribution in [1.82, 2.24) is 5.32 Å². The summed E-state index contributed by atoms with van der Waals surface area (Å²) in [5.41, 5.74) is 0. The maximum Gasteiger partial charge on any atom is 0.0585 e. The molecule has 1 aliphatic rings. The lowest BCUT2D eigenvalue weighted by atomic mass is 10.1. The van der Waals surface area contributed by atoms with E-state index >= 15 is 0 Å². The molecule has 2 nitrogen and oxygen atoms in total. The van der Waals surface area contributed by atoms with E-state index in [1.807, 2.05) is 11.8 Å². The summed E-state index contributed by atoms with van der Waals surface area (Å²) in [4.78, 5) is 1.31. The Kier molecular flexibility index (Phi) is 4.61. The molecule has 2 aromatic rings. The molecular weight excluding hydrogens is 266 g/mol. The zero-order valence-corrected chi connectivity index (χ0v) is 12.4. The van der Waals surface area contributed by atoms with E-state index in [9.17, 15) is 5.11 Å². The van der Waals surface area contributed by atoms with Crippen molar-refractivity contribution in [2.24, 2.45) is 0 Å². The fourth-order valence-corrected chi connectivity index (χ4v) is 3.40. The van der Waals surface area contributed by atoms with Crippen LogP contribution < -0.4 is 5.32 Å². The van der Waals surface area contributed by atoms with E-state index in [1.54, 1.807) is 0 Å². The van der Waals surface area contributed by atoms with Gasteiger partial charge in [-0.1, -0.05) is 30.3 Å². The van der Waals surface area contributed by atoms with Crippen LogP contribution in [0.1, 0.15) is 19.3 Å². The maximum absolute atomic E-state index is 9.37. The Morgan fingerprint density at radius 2 is 1.95 bits per heavy atom. The zero-order valence-electron chi connectivity index (χ0n) is 11.6. The maximum atomic E-state index is 9.37. The monoisotopic (exact) mass is 287 g/mol. The Labute approximate surface area is 124 Å². The van der Waals surface area contributed by atoms with Gasteiger partial charge in [-0.3, -0.25) is 0 Å². The van der Waals surface area contributed by atoms with Gasteiger partial charge in [0.2, 0.25) is 0 Å². The summed E-state index contributed by atoms with van der Waals surface area (Å²) in [6.45, 7) is 0.245. The average molecular weight is 287 g/mol. The molecule has 0 amide bonds. The zero-order chi connectivity index (χ0) is 13.8. The molecular formula is C17H21NOS. The van der Waals surface area contributed by atoms with Crippen LogP contribution in [0.5, 0.6) is 0 Å². The standard InChI is InChI=1S/C17H21NOS/c19-12-16(18-15-6-7-15)9-10-20-17-8-5-13-3-1-2-4-14(13)11-17/h1-5,8,11,15-16,18-19H,6-7,9-10,12H2. The Balaban J connectivity index is 1.53. The van der Waals surface area contributed by atoms with Crippen LogP contribution in [0.4, 0.5) is 0 Å². The molecule has 1 unspecified atom stereocenters. The van der Waals surface area contributed by atoms with Gasteiger partial charge in [0.25, 0.3) is 0 Å². The van der Waals surface area contributed by atoms with Crippen molar-refractivity contribution in [1.29, 1.82) is 0 Å². The van der Waals surface area contributed by atoms with E-state index in [0.29, 0.717) is 6.04 Å². The predicted octanol–water partition coefficient (Wildman–Crippen LogP) is 3.43. The molecule has 0 bridgehead atoms. The minimum Gasteiger partial charge on any atom is -0.395 e. The van der Waals surface area contributed by atoms with Gasteiger partial charge >= 0.3 is 0 Å². The molecule has 2 aromatic carbocycles. The first-order chi connectivity index (χ1) is 9.85. The second-order valence-corrected chi connectivity index (χ2v) is 6.63. The average Bonchev–Trinajstić information content (AvgIpc) is 3.30. The molecule has 3 heteroatoms. The number of rotatable bonds is 7. The molecule has 1 atom stereocenters. The van der Waals surface area contributed by atoms with Crippen LogP contribution in [0.25, 0.3) is 10.8 Å². The number of hydrogen-bond donors (Lipinski definition) is 2. The molecule has 1 saturated carbocycles. The number of aliphatic hydroxyl groups is 1. The van der Waals surface area contributed by atoms with Crippen molar-refractivity contribution in [2.75, 3.05) is 12.4 Å². The molecule has 2 N–H and O–H groups in total. The van der Waals surface area contributed by atoms with Crippen LogP contribution in [-0.4, -0.2) is 29.5 Å². The molecule has 0 heterocycles. The molecule has 0 radical (unpaired) electrons. The van der Waals surface area contributed by atoms with Crippen LogP contribution in [0.15, 0.2) is 47.4 Å². The summed E-state index contributed by atoms with van der Waals surface area (Å²) in [7, 11) is 0. The van der Waals surface area contributed by atoms with Crippen molar-refractivity contribution in [2.45, 2.75) is 36.2 Å². The van der Waals surface area contributed by atoms with E-state index < -0.39 is 0 Å². The van der Waals surface area contributed by atoms with Crippen LogP contribution >= 0.6 is 11.8 Å². The van der Waals surface area contributed by atoms with Gasteiger partial charge in [-0.2, -0.15) is 0 Å². The minimum atomic E-state index is 0.245. The van der Waals surface area contributed by atoms with Gasteiger partial charge in [-0.25, -0.2) is 0 Å². The molecule has 3 rings (SSSR count). The van der Waals surface area contributed by atoms with Gasteiger partial charge in [0, 0.05) is 17.0 Å². The van der Waals surface area contributed by atoms with Gasteiger partial charge in [0.1, 0.15) is 0 Å². The molecule has 0 aromatic heterocycles. The Hall–Kier alpha value is -1.03. The smallest absolute Gasteiger partial charge is 0.0585 e. The van der Waals surface area contributed by atoms with Crippen molar-refractivity contribution in [3.8, 4) is 0 Å². The highest BCUT2D eigenvalue weighted by atomic mass is 32.2. The third kappa shape index (κ3) is 3.75. The Morgan fingerprint density at radius 3 is 2.70 bits per heavy atom. The summed E-state index contributed by atoms with van der Waals surface area (Å²) in [6, 6.07) is 16.0. The van der Waals surface area contributed by atoms with Crippen LogP contribution in [-0.2, 0) is 0 Å². The van der Waals surface area contributed by atoms with Gasteiger partial charge < -0.3 is 10.4 Å². The van der Waals surface area contributed by atoms with E-state index in [2.05, 4.69) is 47.8 Å².